The van der Waals surface area contributed by atoms with Crippen LogP contribution < -0.4 is 10.6 Å². The van der Waals surface area contributed by atoms with Crippen LogP contribution in [-0.4, -0.2) is 42.7 Å². The van der Waals surface area contributed by atoms with Crippen LogP contribution in [0.4, 0.5) is 0 Å². The Morgan fingerprint density at radius 3 is 2.83 bits per heavy atom. The predicted octanol–water partition coefficient (Wildman–Crippen LogP) is 1.77. The molecule has 1 fully saturated rings. The second kappa shape index (κ2) is 7.82. The molecule has 0 amide bonds. The third-order valence-corrected chi connectivity index (χ3v) is 4.07. The second-order valence-corrected chi connectivity index (χ2v) is 5.57. The standard InChI is InChI=1S/C16H23N5O2/c1-17-16(18-11-13-6-10-23-20-13)19-12-14(15-5-4-9-22-15)21-7-2-3-8-21/h4-6,9-10,14H,2-3,7-8,11-12H2,1H3,(H2,17,18,19). The first-order valence-electron chi connectivity index (χ1n) is 7.98. The normalized spacial score (nSPS) is 17.3. The molecule has 1 unspecified atom stereocenters. The molecule has 3 heterocycles. The monoisotopic (exact) mass is 317 g/mol. The van der Waals surface area contributed by atoms with E-state index in [0.717, 1.165) is 37.0 Å². The lowest BCUT2D eigenvalue weighted by atomic mass is 10.2. The van der Waals surface area contributed by atoms with Crippen LogP contribution in [0.2, 0.25) is 0 Å². The minimum Gasteiger partial charge on any atom is -0.468 e. The Bertz CT molecular complexity index is 588. The summed E-state index contributed by atoms with van der Waals surface area (Å²) in [5, 5.41) is 10.5. The van der Waals surface area contributed by atoms with Crippen LogP contribution in [0.3, 0.4) is 0 Å². The van der Waals surface area contributed by atoms with Gasteiger partial charge in [-0.3, -0.25) is 9.89 Å². The van der Waals surface area contributed by atoms with Crippen LogP contribution in [0.25, 0.3) is 0 Å². The first-order chi connectivity index (χ1) is 11.4. The number of hydrogen-bond acceptors (Lipinski definition) is 5. The maximum Gasteiger partial charge on any atom is 0.191 e. The molecule has 1 atom stereocenters. The van der Waals surface area contributed by atoms with Crippen molar-refractivity contribution in [2.24, 2.45) is 4.99 Å². The molecule has 0 bridgehead atoms. The molecule has 23 heavy (non-hydrogen) atoms. The van der Waals surface area contributed by atoms with Gasteiger partial charge in [0.05, 0.1) is 18.8 Å². The van der Waals surface area contributed by atoms with E-state index in [1.165, 1.54) is 12.8 Å². The summed E-state index contributed by atoms with van der Waals surface area (Å²) in [5.41, 5.74) is 0.843. The van der Waals surface area contributed by atoms with Crippen LogP contribution in [0.15, 0.2) is 44.7 Å². The lowest BCUT2D eigenvalue weighted by Gasteiger charge is -2.26. The van der Waals surface area contributed by atoms with Gasteiger partial charge in [0, 0.05) is 19.7 Å². The zero-order chi connectivity index (χ0) is 15.9. The third-order valence-electron chi connectivity index (χ3n) is 4.07. The van der Waals surface area contributed by atoms with E-state index in [0.29, 0.717) is 6.54 Å². The molecule has 124 valence electrons. The molecule has 2 aromatic heterocycles. The minimum atomic E-state index is 0.220. The summed E-state index contributed by atoms with van der Waals surface area (Å²) in [6.45, 7) is 3.54. The molecule has 0 aromatic carbocycles. The predicted molar refractivity (Wildman–Crippen MR) is 87.0 cm³/mol. The lowest BCUT2D eigenvalue weighted by molar-refractivity contribution is 0.215. The van der Waals surface area contributed by atoms with Gasteiger partial charge in [-0.15, -0.1) is 0 Å². The van der Waals surface area contributed by atoms with Gasteiger partial charge in [-0.05, 0) is 38.1 Å². The summed E-state index contributed by atoms with van der Waals surface area (Å²) in [6, 6.07) is 6.03. The molecule has 0 spiro atoms. The Morgan fingerprint density at radius 1 is 1.30 bits per heavy atom. The highest BCUT2D eigenvalue weighted by molar-refractivity contribution is 5.79. The molecule has 7 heteroatoms. The fourth-order valence-electron chi connectivity index (χ4n) is 2.86. The summed E-state index contributed by atoms with van der Waals surface area (Å²) >= 11 is 0. The molecule has 2 N–H and O–H groups in total. The topological polar surface area (TPSA) is 78.8 Å². The average Bonchev–Trinajstić information content (AvgIpc) is 3.34. The number of nitrogens with one attached hydrogen (secondary N) is 2. The molecule has 1 aliphatic rings. The van der Waals surface area contributed by atoms with E-state index >= 15 is 0 Å². The van der Waals surface area contributed by atoms with Gasteiger partial charge in [0.1, 0.15) is 17.7 Å². The fourth-order valence-corrected chi connectivity index (χ4v) is 2.86. The molecule has 1 saturated heterocycles. The SMILES string of the molecule is CN=C(NCc1ccon1)NCC(c1ccco1)N1CCCC1. The summed E-state index contributed by atoms with van der Waals surface area (Å²) in [6.07, 6.45) is 5.79. The van der Waals surface area contributed by atoms with E-state index in [1.54, 1.807) is 19.6 Å². The van der Waals surface area contributed by atoms with Gasteiger partial charge in [-0.1, -0.05) is 5.16 Å². The smallest absolute Gasteiger partial charge is 0.191 e. The molecule has 7 nitrogen and oxygen atoms in total. The number of rotatable bonds is 6. The number of furan rings is 1. The number of hydrogen-bond donors (Lipinski definition) is 2. The van der Waals surface area contributed by atoms with Crippen LogP contribution in [0.1, 0.15) is 30.3 Å². The largest absolute Gasteiger partial charge is 0.468 e. The molecule has 1 aliphatic heterocycles. The van der Waals surface area contributed by atoms with E-state index in [9.17, 15) is 0 Å². The summed E-state index contributed by atoms with van der Waals surface area (Å²) in [5.74, 6) is 1.73. The van der Waals surface area contributed by atoms with Crippen LogP contribution in [0, 0.1) is 0 Å². The Hall–Kier alpha value is -2.28. The van der Waals surface area contributed by atoms with Gasteiger partial charge in [0.2, 0.25) is 0 Å². The van der Waals surface area contributed by atoms with Crippen LogP contribution in [-0.2, 0) is 6.54 Å². The van der Waals surface area contributed by atoms with E-state index < -0.39 is 0 Å². The fraction of sp³-hybridized carbons (Fsp3) is 0.500. The van der Waals surface area contributed by atoms with E-state index in [2.05, 4.69) is 25.7 Å². The zero-order valence-electron chi connectivity index (χ0n) is 13.4. The minimum absolute atomic E-state index is 0.220. The highest BCUT2D eigenvalue weighted by Crippen LogP contribution is 2.24. The van der Waals surface area contributed by atoms with Crippen molar-refractivity contribution < 1.29 is 8.94 Å². The highest BCUT2D eigenvalue weighted by atomic mass is 16.5. The summed E-state index contributed by atoms with van der Waals surface area (Å²) < 4.78 is 10.5. The van der Waals surface area contributed by atoms with E-state index in [-0.39, 0.29) is 6.04 Å². The Balaban J connectivity index is 1.56. The van der Waals surface area contributed by atoms with Crippen molar-refractivity contribution in [3.05, 3.63) is 42.2 Å². The maximum absolute atomic E-state index is 5.63. The van der Waals surface area contributed by atoms with Gasteiger partial charge in [0.15, 0.2) is 5.96 Å². The maximum atomic E-state index is 5.63. The molecular formula is C16H23N5O2. The van der Waals surface area contributed by atoms with Gasteiger partial charge in [-0.25, -0.2) is 0 Å². The van der Waals surface area contributed by atoms with Crippen molar-refractivity contribution >= 4 is 5.96 Å². The van der Waals surface area contributed by atoms with Crippen molar-refractivity contribution in [2.75, 3.05) is 26.7 Å². The van der Waals surface area contributed by atoms with E-state index in [4.69, 9.17) is 8.94 Å². The number of likely N-dealkylation sites (tertiary alicyclic amines) is 1. The number of aliphatic imine (C=N–C) groups is 1. The average molecular weight is 317 g/mol. The first kappa shape index (κ1) is 15.6. The lowest BCUT2D eigenvalue weighted by Crippen LogP contribution is -2.42. The Morgan fingerprint density at radius 2 is 2.17 bits per heavy atom. The van der Waals surface area contributed by atoms with Crippen molar-refractivity contribution in [3.63, 3.8) is 0 Å². The van der Waals surface area contributed by atoms with Gasteiger partial charge in [0.25, 0.3) is 0 Å². The first-order valence-corrected chi connectivity index (χ1v) is 7.98. The van der Waals surface area contributed by atoms with Gasteiger partial charge < -0.3 is 19.6 Å². The molecular weight excluding hydrogens is 294 g/mol. The Labute approximate surface area is 135 Å². The van der Waals surface area contributed by atoms with Gasteiger partial charge in [-0.2, -0.15) is 0 Å². The number of nitrogens with zero attached hydrogens (tertiary/aromatic N) is 3. The molecule has 0 aliphatic carbocycles. The van der Waals surface area contributed by atoms with Gasteiger partial charge >= 0.3 is 0 Å². The van der Waals surface area contributed by atoms with E-state index in [1.807, 2.05) is 18.2 Å². The van der Waals surface area contributed by atoms with Crippen molar-refractivity contribution in [2.45, 2.75) is 25.4 Å². The summed E-state index contributed by atoms with van der Waals surface area (Å²) in [7, 11) is 1.76. The molecule has 3 rings (SSSR count). The number of aromatic nitrogens is 1. The van der Waals surface area contributed by atoms with Crippen molar-refractivity contribution in [3.8, 4) is 0 Å². The third kappa shape index (κ3) is 4.13. The second-order valence-electron chi connectivity index (χ2n) is 5.57. The highest BCUT2D eigenvalue weighted by Gasteiger charge is 2.25. The Kier molecular flexibility index (Phi) is 5.31. The number of guanidine groups is 1. The quantitative estimate of drug-likeness (QED) is 0.624. The molecule has 2 aromatic rings. The van der Waals surface area contributed by atoms with Crippen molar-refractivity contribution in [1.29, 1.82) is 0 Å². The zero-order valence-corrected chi connectivity index (χ0v) is 13.4. The summed E-state index contributed by atoms with van der Waals surface area (Å²) in [4.78, 5) is 6.71. The van der Waals surface area contributed by atoms with Crippen LogP contribution in [0.5, 0.6) is 0 Å². The molecule has 0 radical (unpaired) electrons. The van der Waals surface area contributed by atoms with Crippen LogP contribution >= 0.6 is 0 Å². The van der Waals surface area contributed by atoms with Crippen molar-refractivity contribution in [1.82, 2.24) is 20.7 Å². The molecule has 0 saturated carbocycles.